The van der Waals surface area contributed by atoms with E-state index in [2.05, 4.69) is 5.32 Å². The first-order valence-corrected chi connectivity index (χ1v) is 7.62. The first-order valence-electron chi connectivity index (χ1n) is 7.62. The van der Waals surface area contributed by atoms with Crippen LogP contribution in [-0.4, -0.2) is 31.2 Å². The molecule has 0 aliphatic heterocycles. The lowest BCUT2D eigenvalue weighted by molar-refractivity contribution is 0.0926. The molecule has 0 heterocycles. The topological polar surface area (TPSA) is 73.6 Å². The van der Waals surface area contributed by atoms with E-state index in [-0.39, 0.29) is 30.4 Å². The number of carbonyl (C=O) groups is 1. The average molecular weight is 329 g/mol. The molecule has 1 aliphatic carbocycles. The van der Waals surface area contributed by atoms with Gasteiger partial charge in [0.1, 0.15) is 17.1 Å². The van der Waals surface area contributed by atoms with Gasteiger partial charge >= 0.3 is 0 Å². The Hall–Kier alpha value is -1.46. The van der Waals surface area contributed by atoms with Crippen LogP contribution in [0.5, 0.6) is 11.5 Å². The van der Waals surface area contributed by atoms with E-state index in [0.717, 1.165) is 19.3 Å². The molecule has 0 aromatic heterocycles. The summed E-state index contributed by atoms with van der Waals surface area (Å²) in [6, 6.07) is 5.46. The summed E-state index contributed by atoms with van der Waals surface area (Å²) in [5.41, 5.74) is 6.48. The van der Waals surface area contributed by atoms with E-state index < -0.39 is 0 Å². The lowest BCUT2D eigenvalue weighted by atomic mass is 10.1. The smallest absolute Gasteiger partial charge is 0.259 e. The van der Waals surface area contributed by atoms with Crippen molar-refractivity contribution in [3.63, 3.8) is 0 Å². The van der Waals surface area contributed by atoms with Crippen molar-refractivity contribution in [1.82, 2.24) is 5.32 Å². The Kier molecular flexibility index (Phi) is 7.48. The van der Waals surface area contributed by atoms with Crippen LogP contribution in [0.2, 0.25) is 0 Å². The predicted octanol–water partition coefficient (Wildman–Crippen LogP) is 2.52. The fourth-order valence-electron chi connectivity index (χ4n) is 2.69. The van der Waals surface area contributed by atoms with E-state index in [4.69, 9.17) is 15.2 Å². The quantitative estimate of drug-likeness (QED) is 0.841. The number of nitrogens with one attached hydrogen (secondary N) is 1. The predicted molar refractivity (Wildman–Crippen MR) is 89.1 cm³/mol. The molecule has 0 saturated heterocycles. The molecule has 5 nitrogen and oxygen atoms in total. The molecule has 1 fully saturated rings. The summed E-state index contributed by atoms with van der Waals surface area (Å²) in [6.45, 7) is 4.78. The summed E-state index contributed by atoms with van der Waals surface area (Å²) in [5, 5.41) is 3.02. The molecule has 0 radical (unpaired) electrons. The number of halogens is 1. The van der Waals surface area contributed by atoms with Crippen molar-refractivity contribution in [3.8, 4) is 11.5 Å². The van der Waals surface area contributed by atoms with Crippen molar-refractivity contribution in [2.24, 2.45) is 5.73 Å². The van der Waals surface area contributed by atoms with E-state index in [0.29, 0.717) is 30.3 Å². The van der Waals surface area contributed by atoms with Gasteiger partial charge in [0.2, 0.25) is 0 Å². The van der Waals surface area contributed by atoms with Crippen molar-refractivity contribution in [2.75, 3.05) is 13.2 Å². The Morgan fingerprint density at radius 3 is 2.27 bits per heavy atom. The molecular weight excluding hydrogens is 304 g/mol. The Bertz CT molecular complexity index is 472. The van der Waals surface area contributed by atoms with Gasteiger partial charge in [-0.3, -0.25) is 4.79 Å². The number of carbonyl (C=O) groups excluding carboxylic acids is 1. The fourth-order valence-corrected chi connectivity index (χ4v) is 2.69. The molecule has 3 N–H and O–H groups in total. The molecule has 0 spiro atoms. The maximum atomic E-state index is 12.6. The van der Waals surface area contributed by atoms with Gasteiger partial charge in [-0.05, 0) is 45.2 Å². The van der Waals surface area contributed by atoms with Crippen LogP contribution >= 0.6 is 12.4 Å². The molecule has 2 rings (SSSR count). The van der Waals surface area contributed by atoms with Crippen LogP contribution in [0.4, 0.5) is 0 Å². The van der Waals surface area contributed by atoms with Gasteiger partial charge < -0.3 is 20.5 Å². The third-order valence-electron chi connectivity index (χ3n) is 3.70. The highest BCUT2D eigenvalue weighted by Gasteiger charge is 2.28. The standard InChI is InChI=1S/C16H24N2O3.ClH/c1-3-20-13-9-6-10-14(21-4-2)15(13)16(19)18-12-8-5-7-11(12)17;/h6,9-12H,3-5,7-8,17H2,1-2H3,(H,18,19);1H/t11-,12+;/m1./s1. The minimum Gasteiger partial charge on any atom is -0.493 e. The zero-order valence-corrected chi connectivity index (χ0v) is 13.9. The number of ether oxygens (including phenoxy) is 2. The first kappa shape index (κ1) is 18.6. The second kappa shape index (κ2) is 8.86. The van der Waals surface area contributed by atoms with Gasteiger partial charge in [-0.1, -0.05) is 6.07 Å². The Balaban J connectivity index is 0.00000242. The van der Waals surface area contributed by atoms with Crippen LogP contribution in [0.15, 0.2) is 18.2 Å². The first-order chi connectivity index (χ1) is 10.2. The summed E-state index contributed by atoms with van der Waals surface area (Å²) in [4.78, 5) is 12.6. The van der Waals surface area contributed by atoms with E-state index in [9.17, 15) is 4.79 Å². The van der Waals surface area contributed by atoms with E-state index in [1.54, 1.807) is 12.1 Å². The van der Waals surface area contributed by atoms with Crippen LogP contribution < -0.4 is 20.5 Å². The normalized spacial score (nSPS) is 20.1. The maximum Gasteiger partial charge on any atom is 0.259 e. The summed E-state index contributed by atoms with van der Waals surface area (Å²) in [7, 11) is 0. The van der Waals surface area contributed by atoms with E-state index in [1.807, 2.05) is 19.9 Å². The molecule has 0 unspecified atom stereocenters. The van der Waals surface area contributed by atoms with E-state index in [1.165, 1.54) is 0 Å². The number of benzene rings is 1. The Morgan fingerprint density at radius 1 is 1.23 bits per heavy atom. The zero-order valence-electron chi connectivity index (χ0n) is 13.1. The molecule has 6 heteroatoms. The van der Waals surface area contributed by atoms with Gasteiger partial charge in [0, 0.05) is 12.1 Å². The van der Waals surface area contributed by atoms with Gasteiger partial charge in [-0.2, -0.15) is 0 Å². The average Bonchev–Trinajstić information content (AvgIpc) is 2.85. The Morgan fingerprint density at radius 2 is 1.82 bits per heavy atom. The molecule has 1 aliphatic rings. The van der Waals surface area contributed by atoms with Crippen LogP contribution in [-0.2, 0) is 0 Å². The highest BCUT2D eigenvalue weighted by atomic mass is 35.5. The maximum absolute atomic E-state index is 12.6. The summed E-state index contributed by atoms with van der Waals surface area (Å²) >= 11 is 0. The molecule has 2 atom stereocenters. The monoisotopic (exact) mass is 328 g/mol. The lowest BCUT2D eigenvalue weighted by Crippen LogP contribution is -2.44. The molecule has 1 aromatic rings. The number of amides is 1. The second-order valence-electron chi connectivity index (χ2n) is 5.17. The van der Waals surface area contributed by atoms with Gasteiger partial charge in [-0.25, -0.2) is 0 Å². The second-order valence-corrected chi connectivity index (χ2v) is 5.17. The molecule has 1 saturated carbocycles. The molecule has 1 amide bonds. The van der Waals surface area contributed by atoms with Crippen molar-refractivity contribution in [1.29, 1.82) is 0 Å². The van der Waals surface area contributed by atoms with Crippen LogP contribution in [0.1, 0.15) is 43.5 Å². The largest absolute Gasteiger partial charge is 0.493 e. The third-order valence-corrected chi connectivity index (χ3v) is 3.70. The van der Waals surface area contributed by atoms with Crippen LogP contribution in [0, 0.1) is 0 Å². The lowest BCUT2D eigenvalue weighted by Gasteiger charge is -2.20. The minimum absolute atomic E-state index is 0. The number of nitrogens with two attached hydrogens (primary N) is 1. The van der Waals surface area contributed by atoms with Gasteiger partial charge in [0.05, 0.1) is 13.2 Å². The van der Waals surface area contributed by atoms with Crippen molar-refractivity contribution >= 4 is 18.3 Å². The zero-order chi connectivity index (χ0) is 15.2. The highest BCUT2D eigenvalue weighted by molar-refractivity contribution is 6.00. The van der Waals surface area contributed by atoms with Crippen LogP contribution in [0.3, 0.4) is 0 Å². The van der Waals surface area contributed by atoms with Gasteiger partial charge in [0.25, 0.3) is 5.91 Å². The van der Waals surface area contributed by atoms with Gasteiger partial charge in [0.15, 0.2) is 0 Å². The van der Waals surface area contributed by atoms with Crippen LogP contribution in [0.25, 0.3) is 0 Å². The molecule has 1 aromatic carbocycles. The molecule has 22 heavy (non-hydrogen) atoms. The van der Waals surface area contributed by atoms with Crippen molar-refractivity contribution in [2.45, 2.75) is 45.2 Å². The Labute approximate surface area is 138 Å². The minimum atomic E-state index is -0.176. The number of hydrogen-bond acceptors (Lipinski definition) is 4. The number of rotatable bonds is 6. The molecule has 124 valence electrons. The highest BCUT2D eigenvalue weighted by Crippen LogP contribution is 2.29. The SMILES string of the molecule is CCOc1cccc(OCC)c1C(=O)N[C@H]1CCC[C@H]1N.Cl. The molecule has 0 bridgehead atoms. The van der Waals surface area contributed by atoms with Gasteiger partial charge in [-0.15, -0.1) is 12.4 Å². The third kappa shape index (κ3) is 4.27. The fraction of sp³-hybridized carbons (Fsp3) is 0.562. The summed E-state index contributed by atoms with van der Waals surface area (Å²) in [5.74, 6) is 0.921. The van der Waals surface area contributed by atoms with E-state index >= 15 is 0 Å². The summed E-state index contributed by atoms with van der Waals surface area (Å²) in [6.07, 6.45) is 2.93. The van der Waals surface area contributed by atoms with Crippen molar-refractivity contribution in [3.05, 3.63) is 23.8 Å². The number of hydrogen-bond donors (Lipinski definition) is 2. The summed E-state index contributed by atoms with van der Waals surface area (Å²) < 4.78 is 11.1. The molecular formula is C16H25ClN2O3. The van der Waals surface area contributed by atoms with Crippen molar-refractivity contribution < 1.29 is 14.3 Å².